The fourth-order valence-corrected chi connectivity index (χ4v) is 5.45. The minimum Gasteiger partial charge on any atom is -0.444 e. The summed E-state index contributed by atoms with van der Waals surface area (Å²) in [6, 6.07) is 8.40. The SMILES string of the molecule is Cc1ccc(S(=O)(=O)n2ccc3nc(CNCC4CCCN(C(=O)OC(C)(C)C)C4)cnc32)cc1. The first-order valence-corrected chi connectivity index (χ1v) is 13.3. The maximum absolute atomic E-state index is 13.0. The number of nitrogens with zero attached hydrogens (tertiary/aromatic N) is 4. The summed E-state index contributed by atoms with van der Waals surface area (Å²) in [6.07, 6.45) is 4.81. The topological polar surface area (TPSA) is 106 Å². The van der Waals surface area contributed by atoms with Gasteiger partial charge in [-0.15, -0.1) is 0 Å². The van der Waals surface area contributed by atoms with Crippen LogP contribution in [0.1, 0.15) is 44.9 Å². The third kappa shape index (κ3) is 5.99. The Balaban J connectivity index is 1.37. The molecule has 0 radical (unpaired) electrons. The molecule has 1 aliphatic heterocycles. The maximum Gasteiger partial charge on any atom is 0.410 e. The largest absolute Gasteiger partial charge is 0.444 e. The van der Waals surface area contributed by atoms with E-state index in [0.717, 1.165) is 37.2 Å². The highest BCUT2D eigenvalue weighted by atomic mass is 32.2. The lowest BCUT2D eigenvalue weighted by Gasteiger charge is -2.34. The Hall–Kier alpha value is -2.98. The molecule has 1 aromatic carbocycles. The monoisotopic (exact) mass is 499 g/mol. The van der Waals surface area contributed by atoms with Crippen LogP contribution in [0.2, 0.25) is 0 Å². The highest BCUT2D eigenvalue weighted by Crippen LogP contribution is 2.21. The number of ether oxygens (including phenoxy) is 1. The molecular formula is C25H33N5O4S. The van der Waals surface area contributed by atoms with Gasteiger partial charge in [0.25, 0.3) is 10.0 Å². The van der Waals surface area contributed by atoms with E-state index < -0.39 is 15.6 Å². The molecule has 3 heterocycles. The van der Waals surface area contributed by atoms with Crippen molar-refractivity contribution < 1.29 is 17.9 Å². The van der Waals surface area contributed by atoms with Gasteiger partial charge < -0.3 is 15.0 Å². The van der Waals surface area contributed by atoms with E-state index >= 15 is 0 Å². The van der Waals surface area contributed by atoms with E-state index in [1.165, 1.54) is 10.2 Å². The molecule has 1 aliphatic rings. The van der Waals surface area contributed by atoms with E-state index in [2.05, 4.69) is 15.3 Å². The third-order valence-electron chi connectivity index (χ3n) is 5.89. The summed E-state index contributed by atoms with van der Waals surface area (Å²) in [7, 11) is -3.75. The van der Waals surface area contributed by atoms with Crippen molar-refractivity contribution in [3.05, 3.63) is 54.0 Å². The predicted octanol–water partition coefficient (Wildman–Crippen LogP) is 3.71. The first kappa shape index (κ1) is 25.1. The Kier molecular flexibility index (Phi) is 7.14. The zero-order valence-electron chi connectivity index (χ0n) is 20.7. The van der Waals surface area contributed by atoms with Gasteiger partial charge in [0.05, 0.1) is 16.8 Å². The van der Waals surface area contributed by atoms with E-state index in [1.54, 1.807) is 41.4 Å². The van der Waals surface area contributed by atoms with Crippen molar-refractivity contribution >= 4 is 27.3 Å². The van der Waals surface area contributed by atoms with Gasteiger partial charge in [-0.1, -0.05) is 17.7 Å². The van der Waals surface area contributed by atoms with E-state index in [0.29, 0.717) is 30.2 Å². The second kappa shape index (κ2) is 9.94. The molecule has 1 amide bonds. The van der Waals surface area contributed by atoms with Crippen molar-refractivity contribution in [2.24, 2.45) is 5.92 Å². The molecule has 0 aliphatic carbocycles. The Labute approximate surface area is 206 Å². The van der Waals surface area contributed by atoms with Crippen molar-refractivity contribution in [2.75, 3.05) is 19.6 Å². The van der Waals surface area contributed by atoms with Crippen LogP contribution >= 0.6 is 0 Å². The summed E-state index contributed by atoms with van der Waals surface area (Å²) in [5.41, 5.74) is 2.04. The van der Waals surface area contributed by atoms with E-state index in [9.17, 15) is 13.2 Å². The molecule has 188 valence electrons. The summed E-state index contributed by atoms with van der Waals surface area (Å²) in [6.45, 7) is 10.1. The van der Waals surface area contributed by atoms with Gasteiger partial charge in [-0.05, 0) is 64.7 Å². The Morgan fingerprint density at radius 2 is 1.94 bits per heavy atom. The number of amides is 1. The zero-order valence-corrected chi connectivity index (χ0v) is 21.5. The standard InChI is InChI=1S/C25H33N5O4S/c1-18-7-9-21(10-8-18)35(32,33)30-13-11-22-23(30)27-16-20(28-22)15-26-14-19-6-5-12-29(17-19)24(31)34-25(2,3)4/h7-11,13,16,19,26H,5-6,12,14-15,17H2,1-4H3. The van der Waals surface area contributed by atoms with Crippen molar-refractivity contribution in [1.29, 1.82) is 0 Å². The highest BCUT2D eigenvalue weighted by molar-refractivity contribution is 7.90. The smallest absolute Gasteiger partial charge is 0.410 e. The molecule has 0 bridgehead atoms. The van der Waals surface area contributed by atoms with Gasteiger partial charge in [0.2, 0.25) is 0 Å². The van der Waals surface area contributed by atoms with E-state index in [1.807, 2.05) is 27.7 Å². The van der Waals surface area contributed by atoms with Crippen LogP contribution < -0.4 is 5.32 Å². The van der Waals surface area contributed by atoms with Crippen molar-refractivity contribution in [3.8, 4) is 0 Å². The number of nitrogens with one attached hydrogen (secondary N) is 1. The fraction of sp³-hybridized carbons (Fsp3) is 0.480. The molecule has 4 rings (SSSR count). The summed E-state index contributed by atoms with van der Waals surface area (Å²) in [5.74, 6) is 0.327. The average molecular weight is 500 g/mol. The number of hydrogen-bond acceptors (Lipinski definition) is 7. The number of likely N-dealkylation sites (tertiary alicyclic amines) is 1. The molecule has 1 fully saturated rings. The molecule has 9 nitrogen and oxygen atoms in total. The fourth-order valence-electron chi connectivity index (χ4n) is 4.16. The van der Waals surface area contributed by atoms with Gasteiger partial charge in [0.1, 0.15) is 11.1 Å². The second-order valence-electron chi connectivity index (χ2n) is 10.1. The summed E-state index contributed by atoms with van der Waals surface area (Å²) in [5, 5.41) is 3.41. The lowest BCUT2D eigenvalue weighted by molar-refractivity contribution is 0.0166. The number of piperidine rings is 1. The maximum atomic E-state index is 13.0. The van der Waals surface area contributed by atoms with Crippen LogP contribution in [0.4, 0.5) is 4.79 Å². The van der Waals surface area contributed by atoms with Gasteiger partial charge in [-0.3, -0.25) is 0 Å². The Bertz CT molecular complexity index is 1300. The lowest BCUT2D eigenvalue weighted by Crippen LogP contribution is -2.45. The predicted molar refractivity (Wildman–Crippen MR) is 134 cm³/mol. The number of benzene rings is 1. The second-order valence-corrected chi connectivity index (χ2v) is 11.9. The summed E-state index contributed by atoms with van der Waals surface area (Å²) >= 11 is 0. The molecule has 1 atom stereocenters. The van der Waals surface area contributed by atoms with Gasteiger partial charge in [0, 0.05) is 32.4 Å². The van der Waals surface area contributed by atoms with Crippen LogP contribution in [-0.2, 0) is 21.3 Å². The number of aryl methyl sites for hydroxylation is 1. The summed E-state index contributed by atoms with van der Waals surface area (Å²) in [4.78, 5) is 23.4. The molecule has 2 aromatic heterocycles. The van der Waals surface area contributed by atoms with Gasteiger partial charge in [0.15, 0.2) is 5.65 Å². The van der Waals surface area contributed by atoms with E-state index in [4.69, 9.17) is 4.74 Å². The molecule has 1 N–H and O–H groups in total. The molecule has 0 saturated carbocycles. The van der Waals surface area contributed by atoms with Crippen LogP contribution in [0.25, 0.3) is 11.2 Å². The third-order valence-corrected chi connectivity index (χ3v) is 7.57. The number of fused-ring (bicyclic) bond motifs is 1. The van der Waals surface area contributed by atoms with Crippen molar-refractivity contribution in [3.63, 3.8) is 0 Å². The van der Waals surface area contributed by atoms with Crippen molar-refractivity contribution in [1.82, 2.24) is 24.2 Å². The highest BCUT2D eigenvalue weighted by Gasteiger charge is 2.27. The van der Waals surface area contributed by atoms with Crippen LogP contribution in [0.5, 0.6) is 0 Å². The number of carbonyl (C=O) groups excluding carboxylic acids is 1. The van der Waals surface area contributed by atoms with Crippen LogP contribution in [-0.4, -0.2) is 58.6 Å². The summed E-state index contributed by atoms with van der Waals surface area (Å²) < 4.78 is 32.8. The normalized spacial score (nSPS) is 17.0. The first-order valence-electron chi connectivity index (χ1n) is 11.9. The molecule has 0 spiro atoms. The van der Waals surface area contributed by atoms with Gasteiger partial charge in [-0.2, -0.15) is 0 Å². The molecule has 35 heavy (non-hydrogen) atoms. The first-order chi connectivity index (χ1) is 16.5. The molecule has 10 heteroatoms. The van der Waals surface area contributed by atoms with Crippen LogP contribution in [0.15, 0.2) is 47.6 Å². The quantitative estimate of drug-likeness (QED) is 0.551. The minimum atomic E-state index is -3.75. The lowest BCUT2D eigenvalue weighted by atomic mass is 9.98. The number of rotatable bonds is 6. The Morgan fingerprint density at radius 3 is 2.66 bits per heavy atom. The number of carbonyl (C=O) groups is 1. The molecule has 3 aromatic rings. The molecule has 1 saturated heterocycles. The Morgan fingerprint density at radius 1 is 1.20 bits per heavy atom. The van der Waals surface area contributed by atoms with Crippen LogP contribution in [0.3, 0.4) is 0 Å². The molecule has 1 unspecified atom stereocenters. The number of aromatic nitrogens is 3. The van der Waals surface area contributed by atoms with Crippen LogP contribution in [0, 0.1) is 12.8 Å². The van der Waals surface area contributed by atoms with Crippen molar-refractivity contribution in [2.45, 2.75) is 57.6 Å². The van der Waals surface area contributed by atoms with E-state index in [-0.39, 0.29) is 11.0 Å². The zero-order chi connectivity index (χ0) is 25.2. The average Bonchev–Trinajstić information content (AvgIpc) is 3.23. The van der Waals surface area contributed by atoms with Gasteiger partial charge >= 0.3 is 6.09 Å². The van der Waals surface area contributed by atoms with Gasteiger partial charge in [-0.25, -0.2) is 27.2 Å². The number of hydrogen-bond donors (Lipinski definition) is 1. The minimum absolute atomic E-state index is 0.209. The molecular weight excluding hydrogens is 466 g/mol.